The number of esters is 2. The van der Waals surface area contributed by atoms with Gasteiger partial charge in [0, 0.05) is 47.9 Å². The largest absolute Gasteiger partial charge is 0.514 e. The van der Waals surface area contributed by atoms with Gasteiger partial charge in [-0.2, -0.15) is 0 Å². The van der Waals surface area contributed by atoms with Crippen LogP contribution in [0.1, 0.15) is 51.6 Å². The van der Waals surface area contributed by atoms with Gasteiger partial charge in [0.1, 0.15) is 24.6 Å². The molecule has 0 radical (unpaired) electrons. The molecule has 13 nitrogen and oxygen atoms in total. The number of ether oxygens (including phenoxy) is 8. The molecule has 0 amide bonds. The zero-order chi connectivity index (χ0) is 39.0. The van der Waals surface area contributed by atoms with Crippen LogP contribution in [0.25, 0.3) is 10.9 Å². The molecule has 0 bridgehead atoms. The van der Waals surface area contributed by atoms with Crippen molar-refractivity contribution in [3.63, 3.8) is 0 Å². The number of aromatic nitrogens is 1. The highest BCUT2D eigenvalue weighted by atomic mass is 35.5. The minimum Gasteiger partial charge on any atom is -0.497 e. The topological polar surface area (TPSA) is 144 Å². The van der Waals surface area contributed by atoms with Gasteiger partial charge in [-0.1, -0.05) is 17.7 Å². The van der Waals surface area contributed by atoms with Crippen LogP contribution in [-0.2, 0) is 36.8 Å². The van der Waals surface area contributed by atoms with Crippen molar-refractivity contribution in [2.75, 3.05) is 48.6 Å². The lowest BCUT2D eigenvalue weighted by atomic mass is 9.63. The average molecular weight is 777 g/mol. The van der Waals surface area contributed by atoms with Crippen LogP contribution in [-0.4, -0.2) is 88.8 Å². The molecule has 3 aromatic carbocycles. The van der Waals surface area contributed by atoms with Gasteiger partial charge >= 0.3 is 18.1 Å². The molecule has 14 heteroatoms. The Labute approximate surface area is 324 Å². The van der Waals surface area contributed by atoms with E-state index in [2.05, 4.69) is 16.0 Å². The Morgan fingerprint density at radius 2 is 1.69 bits per heavy atom. The van der Waals surface area contributed by atoms with Crippen LogP contribution >= 0.6 is 11.6 Å². The standard InChI is InChI=1S/C41H45ClN2O11/c1-21-11-22(13-25(42)12-21)20-53-41(47)55-37-32(49-3)14-23(15-33(37)50-4)39(45)54-34-16-24-19-44-10-9-28-27-8-7-26(48-2)17-30(27)43-36(28)31(44)18-29(24)35(38(34)51-5)40(46)52-6/h7-8,11-15,17,24,29,31,34-35,38,43H,9-10,16,18-20H2,1-6H3/t24-,29+,31-,34-,35+,38+/m1/s1. The molecule has 2 aliphatic heterocycles. The third kappa shape index (κ3) is 7.52. The number of fused-ring (bicyclic) bond motifs is 6. The maximum Gasteiger partial charge on any atom is 0.514 e. The lowest BCUT2D eigenvalue weighted by molar-refractivity contribution is -0.176. The maximum atomic E-state index is 13.9. The number of aryl methyl sites for hydroxylation is 1. The quantitative estimate of drug-likeness (QED) is 0.102. The summed E-state index contributed by atoms with van der Waals surface area (Å²) in [6, 6.07) is 14.3. The molecule has 292 valence electrons. The number of piperidine rings is 1. The van der Waals surface area contributed by atoms with Gasteiger partial charge in [0.05, 0.1) is 46.0 Å². The molecule has 1 N–H and O–H groups in total. The Bertz CT molecular complexity index is 2050. The second-order valence-corrected chi connectivity index (χ2v) is 14.7. The number of aromatic amines is 1. The molecule has 55 heavy (non-hydrogen) atoms. The van der Waals surface area contributed by atoms with Crippen LogP contribution in [0.3, 0.4) is 0 Å². The van der Waals surface area contributed by atoms with E-state index in [-0.39, 0.29) is 47.3 Å². The molecule has 4 aromatic rings. The van der Waals surface area contributed by atoms with Crippen LogP contribution in [0.4, 0.5) is 4.79 Å². The molecule has 1 saturated carbocycles. The molecule has 2 fully saturated rings. The van der Waals surface area contributed by atoms with E-state index in [0.717, 1.165) is 29.8 Å². The number of H-pyrrole nitrogens is 1. The second-order valence-electron chi connectivity index (χ2n) is 14.3. The van der Waals surface area contributed by atoms with E-state index in [4.69, 9.17) is 49.5 Å². The third-order valence-electron chi connectivity index (χ3n) is 11.2. The fraction of sp³-hybridized carbons (Fsp3) is 0.439. The zero-order valence-electron chi connectivity index (χ0n) is 31.6. The fourth-order valence-corrected chi connectivity index (χ4v) is 9.12. The first kappa shape index (κ1) is 38.3. The Balaban J connectivity index is 1.09. The number of nitrogens with one attached hydrogen (secondary N) is 1. The molecular weight excluding hydrogens is 732 g/mol. The summed E-state index contributed by atoms with van der Waals surface area (Å²) in [5.41, 5.74) is 5.17. The molecule has 0 unspecified atom stereocenters. The number of methoxy groups -OCH3 is 5. The lowest BCUT2D eigenvalue weighted by Crippen LogP contribution is -2.58. The monoisotopic (exact) mass is 776 g/mol. The van der Waals surface area contributed by atoms with Crippen molar-refractivity contribution in [3.05, 3.63) is 81.5 Å². The number of carbonyl (C=O) groups excluding carboxylic acids is 3. The van der Waals surface area contributed by atoms with Gasteiger partial charge in [0.2, 0.25) is 5.75 Å². The summed E-state index contributed by atoms with van der Waals surface area (Å²) in [5, 5.41) is 1.70. The van der Waals surface area contributed by atoms with Gasteiger partial charge in [-0.25, -0.2) is 9.59 Å². The fourth-order valence-electron chi connectivity index (χ4n) is 8.81. The summed E-state index contributed by atoms with van der Waals surface area (Å²) in [7, 11) is 7.28. The number of rotatable bonds is 10. The van der Waals surface area contributed by atoms with Gasteiger partial charge < -0.3 is 42.9 Å². The minimum atomic E-state index is -1.01. The van der Waals surface area contributed by atoms with Gasteiger partial charge in [-0.15, -0.1) is 0 Å². The number of hydrogen-bond donors (Lipinski definition) is 1. The molecule has 1 aromatic heterocycles. The van der Waals surface area contributed by atoms with E-state index >= 15 is 0 Å². The van der Waals surface area contributed by atoms with Crippen molar-refractivity contribution in [3.8, 4) is 23.0 Å². The van der Waals surface area contributed by atoms with Crippen LogP contribution in [0.15, 0.2) is 48.5 Å². The zero-order valence-corrected chi connectivity index (χ0v) is 32.4. The number of benzene rings is 3. The molecular formula is C41H45ClN2O11. The second kappa shape index (κ2) is 16.0. The first-order valence-electron chi connectivity index (χ1n) is 18.2. The number of nitrogens with zero attached hydrogens (tertiary/aromatic N) is 1. The highest BCUT2D eigenvalue weighted by Gasteiger charge is 2.54. The van der Waals surface area contributed by atoms with Crippen molar-refractivity contribution < 1.29 is 52.3 Å². The lowest BCUT2D eigenvalue weighted by Gasteiger charge is -2.52. The molecule has 6 atom stereocenters. The molecule has 1 saturated heterocycles. The van der Waals surface area contributed by atoms with Crippen LogP contribution in [0.2, 0.25) is 5.02 Å². The first-order chi connectivity index (χ1) is 26.5. The molecule has 7 rings (SSSR count). The maximum absolute atomic E-state index is 13.9. The molecule has 0 spiro atoms. The summed E-state index contributed by atoms with van der Waals surface area (Å²) in [6.45, 7) is 3.38. The van der Waals surface area contributed by atoms with Crippen molar-refractivity contribution in [1.29, 1.82) is 0 Å². The van der Waals surface area contributed by atoms with E-state index in [0.29, 0.717) is 30.0 Å². The summed E-state index contributed by atoms with van der Waals surface area (Å²) >= 11 is 6.13. The van der Waals surface area contributed by atoms with Gasteiger partial charge in [-0.3, -0.25) is 9.69 Å². The molecule has 3 heterocycles. The molecule has 3 aliphatic rings. The van der Waals surface area contributed by atoms with Crippen molar-refractivity contribution in [2.45, 2.75) is 51.0 Å². The summed E-state index contributed by atoms with van der Waals surface area (Å²) in [5.74, 6) is -1.04. The summed E-state index contributed by atoms with van der Waals surface area (Å²) in [6.07, 6.45) is -0.462. The Kier molecular flexibility index (Phi) is 11.2. The predicted octanol–water partition coefficient (Wildman–Crippen LogP) is 6.84. The van der Waals surface area contributed by atoms with E-state index in [1.165, 1.54) is 57.2 Å². The van der Waals surface area contributed by atoms with E-state index in [9.17, 15) is 14.4 Å². The first-order valence-corrected chi connectivity index (χ1v) is 18.5. The Morgan fingerprint density at radius 3 is 2.36 bits per heavy atom. The number of halogens is 1. The summed E-state index contributed by atoms with van der Waals surface area (Å²) < 4.78 is 44.8. The smallest absolute Gasteiger partial charge is 0.497 e. The number of carbonyl (C=O) groups is 3. The number of hydrogen-bond acceptors (Lipinski definition) is 12. The SMILES string of the molecule is COC(=O)[C@H]1[C@H]2C[C@@H]3c4[nH]c5cc(OC)ccc5c4CCN3C[C@H]2C[C@@H](OC(=O)c2cc(OC)c(OC(=O)OCc3cc(C)cc(Cl)c3)c(OC)c2)[C@@H]1OC. The van der Waals surface area contributed by atoms with E-state index < -0.39 is 36.2 Å². The van der Waals surface area contributed by atoms with E-state index in [1.54, 1.807) is 19.2 Å². The van der Waals surface area contributed by atoms with Gasteiger partial charge in [0.15, 0.2) is 11.5 Å². The molecule has 1 aliphatic carbocycles. The van der Waals surface area contributed by atoms with Crippen LogP contribution in [0.5, 0.6) is 23.0 Å². The van der Waals surface area contributed by atoms with Crippen molar-refractivity contribution in [1.82, 2.24) is 9.88 Å². The van der Waals surface area contributed by atoms with Gasteiger partial charge in [0.25, 0.3) is 0 Å². The highest BCUT2D eigenvalue weighted by molar-refractivity contribution is 6.30. The average Bonchev–Trinajstić information content (AvgIpc) is 3.56. The van der Waals surface area contributed by atoms with Crippen LogP contribution < -0.4 is 18.9 Å². The normalized spacial score (nSPS) is 23.1. The highest BCUT2D eigenvalue weighted by Crippen LogP contribution is 2.51. The van der Waals surface area contributed by atoms with Crippen molar-refractivity contribution >= 4 is 40.6 Å². The van der Waals surface area contributed by atoms with E-state index in [1.807, 2.05) is 25.1 Å². The summed E-state index contributed by atoms with van der Waals surface area (Å²) in [4.78, 5) is 46.4. The van der Waals surface area contributed by atoms with Crippen LogP contribution in [0, 0.1) is 24.7 Å². The Hall–Kier alpha value is -4.98. The third-order valence-corrected chi connectivity index (χ3v) is 11.4. The van der Waals surface area contributed by atoms with Gasteiger partial charge in [-0.05, 0) is 91.1 Å². The predicted molar refractivity (Wildman–Crippen MR) is 201 cm³/mol. The van der Waals surface area contributed by atoms with Crippen molar-refractivity contribution in [2.24, 2.45) is 17.8 Å². The Morgan fingerprint density at radius 1 is 0.927 bits per heavy atom. The minimum absolute atomic E-state index is 0.0252.